The average Bonchev–Trinajstić information content (AvgIpc) is 2.73. The number of likely N-dealkylation sites (N-methyl/N-ethyl adjacent to an activating group) is 1. The van der Waals surface area contributed by atoms with Crippen molar-refractivity contribution in [3.63, 3.8) is 0 Å². The first-order chi connectivity index (χ1) is 8.16. The molecule has 0 saturated carbocycles. The fraction of sp³-hybridized carbons (Fsp3) is 1.00. The summed E-state index contributed by atoms with van der Waals surface area (Å²) in [5, 5.41) is 3.78. The predicted molar refractivity (Wildman–Crippen MR) is 73.3 cm³/mol. The van der Waals surface area contributed by atoms with E-state index >= 15 is 0 Å². The lowest BCUT2D eigenvalue weighted by Gasteiger charge is -2.34. The molecule has 2 heterocycles. The minimum Gasteiger partial charge on any atom is -0.312 e. The van der Waals surface area contributed by atoms with Gasteiger partial charge in [-0.3, -0.25) is 0 Å². The van der Waals surface area contributed by atoms with Gasteiger partial charge in [0.05, 0.1) is 0 Å². The summed E-state index contributed by atoms with van der Waals surface area (Å²) in [6.07, 6.45) is 5.49. The fourth-order valence-electron chi connectivity index (χ4n) is 3.25. The minimum absolute atomic E-state index is 0.692. The van der Waals surface area contributed by atoms with Crippen molar-refractivity contribution in [3.05, 3.63) is 0 Å². The smallest absolute Gasteiger partial charge is 0.0218 e. The van der Waals surface area contributed by atoms with Crippen LogP contribution in [0.2, 0.25) is 0 Å². The van der Waals surface area contributed by atoms with Crippen LogP contribution in [0, 0.1) is 5.92 Å². The molecule has 2 aliphatic heterocycles. The van der Waals surface area contributed by atoms with E-state index in [1.807, 2.05) is 0 Å². The van der Waals surface area contributed by atoms with Gasteiger partial charge in [0.1, 0.15) is 0 Å². The van der Waals surface area contributed by atoms with Gasteiger partial charge in [-0.1, -0.05) is 0 Å². The van der Waals surface area contributed by atoms with Gasteiger partial charge in [-0.05, 0) is 72.3 Å². The third-order valence-corrected chi connectivity index (χ3v) is 4.82. The number of likely N-dealkylation sites (tertiary alicyclic amines) is 2. The molecule has 2 unspecified atom stereocenters. The highest BCUT2D eigenvalue weighted by atomic mass is 15.2. The van der Waals surface area contributed by atoms with E-state index in [2.05, 4.69) is 36.1 Å². The maximum absolute atomic E-state index is 3.78. The van der Waals surface area contributed by atoms with Crippen LogP contribution in [0.5, 0.6) is 0 Å². The van der Waals surface area contributed by atoms with Crippen molar-refractivity contribution in [1.29, 1.82) is 0 Å². The van der Waals surface area contributed by atoms with E-state index < -0.39 is 0 Å². The molecular weight excluding hydrogens is 210 g/mol. The van der Waals surface area contributed by atoms with Crippen LogP contribution >= 0.6 is 0 Å². The fourth-order valence-corrected chi connectivity index (χ4v) is 3.25. The third-order valence-electron chi connectivity index (χ3n) is 4.82. The third kappa shape index (κ3) is 3.67. The Morgan fingerprint density at radius 2 is 1.82 bits per heavy atom. The van der Waals surface area contributed by atoms with Crippen LogP contribution in [0.4, 0.5) is 0 Å². The molecule has 1 N–H and O–H groups in total. The van der Waals surface area contributed by atoms with Crippen LogP contribution in [-0.4, -0.2) is 62.2 Å². The molecular formula is C14H29N3. The zero-order valence-electron chi connectivity index (χ0n) is 11.8. The zero-order valence-corrected chi connectivity index (χ0v) is 11.8. The topological polar surface area (TPSA) is 18.5 Å². The summed E-state index contributed by atoms with van der Waals surface area (Å²) in [5.41, 5.74) is 0. The van der Waals surface area contributed by atoms with Crippen LogP contribution in [-0.2, 0) is 0 Å². The monoisotopic (exact) mass is 239 g/mol. The predicted octanol–water partition coefficient (Wildman–Crippen LogP) is 1.40. The van der Waals surface area contributed by atoms with Crippen molar-refractivity contribution in [2.24, 2.45) is 5.92 Å². The highest BCUT2D eigenvalue weighted by Crippen LogP contribution is 2.20. The van der Waals surface area contributed by atoms with E-state index in [9.17, 15) is 0 Å². The molecule has 0 aliphatic carbocycles. The molecule has 2 aliphatic rings. The van der Waals surface area contributed by atoms with Crippen LogP contribution < -0.4 is 5.32 Å². The van der Waals surface area contributed by atoms with E-state index in [-0.39, 0.29) is 0 Å². The van der Waals surface area contributed by atoms with E-state index in [4.69, 9.17) is 0 Å². The van der Waals surface area contributed by atoms with Crippen molar-refractivity contribution in [3.8, 4) is 0 Å². The van der Waals surface area contributed by atoms with Gasteiger partial charge >= 0.3 is 0 Å². The standard InChI is InChI=1S/C14H29N3/c1-12(13-6-9-16(2)10-7-13)15-11-14-5-4-8-17(14)3/h12-15H,4-11H2,1-3H3. The summed E-state index contributed by atoms with van der Waals surface area (Å²) < 4.78 is 0. The van der Waals surface area contributed by atoms with Crippen molar-refractivity contribution in [2.45, 2.75) is 44.7 Å². The van der Waals surface area contributed by atoms with E-state index in [0.717, 1.165) is 12.0 Å². The largest absolute Gasteiger partial charge is 0.312 e. The minimum atomic E-state index is 0.692. The van der Waals surface area contributed by atoms with E-state index in [1.54, 1.807) is 0 Å². The number of hydrogen-bond donors (Lipinski definition) is 1. The Morgan fingerprint density at radius 3 is 2.41 bits per heavy atom. The summed E-state index contributed by atoms with van der Waals surface area (Å²) >= 11 is 0. The molecule has 0 radical (unpaired) electrons. The van der Waals surface area contributed by atoms with Crippen molar-refractivity contribution < 1.29 is 0 Å². The first-order valence-electron chi connectivity index (χ1n) is 7.29. The maximum Gasteiger partial charge on any atom is 0.0218 e. The van der Waals surface area contributed by atoms with Crippen LogP contribution in [0.1, 0.15) is 32.6 Å². The van der Waals surface area contributed by atoms with Gasteiger partial charge in [0.2, 0.25) is 0 Å². The highest BCUT2D eigenvalue weighted by Gasteiger charge is 2.25. The summed E-state index contributed by atoms with van der Waals surface area (Å²) in [6.45, 7) is 7.41. The number of nitrogens with one attached hydrogen (secondary N) is 1. The Balaban J connectivity index is 1.68. The second-order valence-corrected chi connectivity index (χ2v) is 6.11. The first-order valence-corrected chi connectivity index (χ1v) is 7.29. The lowest BCUT2D eigenvalue weighted by Crippen LogP contribution is -2.45. The van der Waals surface area contributed by atoms with Gasteiger partial charge in [-0.25, -0.2) is 0 Å². The Labute approximate surface area is 107 Å². The van der Waals surface area contributed by atoms with Crippen molar-refractivity contribution in [2.75, 3.05) is 40.3 Å². The molecule has 2 atom stereocenters. The van der Waals surface area contributed by atoms with Gasteiger partial charge in [0.15, 0.2) is 0 Å². The quantitative estimate of drug-likeness (QED) is 0.800. The highest BCUT2D eigenvalue weighted by molar-refractivity contribution is 4.83. The molecule has 3 heteroatoms. The zero-order chi connectivity index (χ0) is 12.3. The van der Waals surface area contributed by atoms with Gasteiger partial charge in [0, 0.05) is 18.6 Å². The Morgan fingerprint density at radius 1 is 1.12 bits per heavy atom. The number of piperidine rings is 1. The summed E-state index contributed by atoms with van der Waals surface area (Å²) in [5.74, 6) is 0.887. The summed E-state index contributed by atoms with van der Waals surface area (Å²) in [7, 11) is 4.50. The lowest BCUT2D eigenvalue weighted by atomic mass is 9.90. The molecule has 0 amide bonds. The molecule has 17 heavy (non-hydrogen) atoms. The first kappa shape index (κ1) is 13.3. The molecule has 0 aromatic carbocycles. The molecule has 2 rings (SSSR count). The van der Waals surface area contributed by atoms with Gasteiger partial charge < -0.3 is 15.1 Å². The SMILES string of the molecule is CC(NCC1CCCN1C)C1CCN(C)CC1. The van der Waals surface area contributed by atoms with Crippen LogP contribution in [0.15, 0.2) is 0 Å². The molecule has 2 fully saturated rings. The average molecular weight is 239 g/mol. The van der Waals surface area contributed by atoms with Gasteiger partial charge in [0.25, 0.3) is 0 Å². The van der Waals surface area contributed by atoms with Crippen LogP contribution in [0.3, 0.4) is 0 Å². The molecule has 0 bridgehead atoms. The second kappa shape index (κ2) is 6.17. The van der Waals surface area contributed by atoms with Crippen LogP contribution in [0.25, 0.3) is 0 Å². The van der Waals surface area contributed by atoms with E-state index in [0.29, 0.717) is 6.04 Å². The summed E-state index contributed by atoms with van der Waals surface area (Å²) in [4.78, 5) is 4.96. The summed E-state index contributed by atoms with van der Waals surface area (Å²) in [6, 6.07) is 1.47. The van der Waals surface area contributed by atoms with E-state index in [1.165, 1.54) is 51.9 Å². The Hall–Kier alpha value is -0.120. The normalized spacial score (nSPS) is 30.9. The van der Waals surface area contributed by atoms with Crippen molar-refractivity contribution in [1.82, 2.24) is 15.1 Å². The molecule has 0 aromatic heterocycles. The molecule has 2 saturated heterocycles. The van der Waals surface area contributed by atoms with Gasteiger partial charge in [-0.15, -0.1) is 0 Å². The molecule has 0 aromatic rings. The number of nitrogens with zero attached hydrogens (tertiary/aromatic N) is 2. The van der Waals surface area contributed by atoms with Crippen molar-refractivity contribution >= 4 is 0 Å². The number of rotatable bonds is 4. The second-order valence-electron chi connectivity index (χ2n) is 6.11. The van der Waals surface area contributed by atoms with Gasteiger partial charge in [-0.2, -0.15) is 0 Å². The molecule has 0 spiro atoms. The Kier molecular flexibility index (Phi) is 4.83. The molecule has 100 valence electrons. The Bertz CT molecular complexity index is 224. The number of hydrogen-bond acceptors (Lipinski definition) is 3. The molecule has 3 nitrogen and oxygen atoms in total. The maximum atomic E-state index is 3.78. The lowest BCUT2D eigenvalue weighted by molar-refractivity contribution is 0.184.